The molecule has 0 aliphatic rings. The number of aliphatic hydroxyl groups excluding tert-OH is 1. The summed E-state index contributed by atoms with van der Waals surface area (Å²) in [5, 5.41) is 8.01. The third kappa shape index (κ3) is 5.10. The molecule has 4 heteroatoms. The molecular weight excluding hydrogens is 124 g/mol. The number of carbonyl (C=O) groups is 1. The molecule has 0 saturated carbocycles. The first-order chi connectivity index (χ1) is 4.31. The van der Waals surface area contributed by atoms with Crippen LogP contribution in [0.2, 0.25) is 0 Å². The van der Waals surface area contributed by atoms with E-state index in [0.717, 1.165) is 6.42 Å². The highest BCUT2D eigenvalue weighted by atomic mass is 16.8. The SMILES string of the molecule is CCCOC(=O)OCO. The quantitative estimate of drug-likeness (QED) is 0.451. The van der Waals surface area contributed by atoms with Crippen LogP contribution in [-0.4, -0.2) is 24.7 Å². The standard InChI is InChI=1S/C5H10O4/c1-2-3-8-5(7)9-4-6/h6H,2-4H2,1H3. The Balaban J connectivity index is 3.06. The van der Waals surface area contributed by atoms with Crippen molar-refractivity contribution in [3.8, 4) is 0 Å². The topological polar surface area (TPSA) is 55.8 Å². The number of aliphatic hydroxyl groups is 1. The molecule has 0 bridgehead atoms. The molecule has 0 rings (SSSR count). The first kappa shape index (κ1) is 8.23. The van der Waals surface area contributed by atoms with Gasteiger partial charge in [0.05, 0.1) is 6.61 Å². The number of carbonyl (C=O) groups excluding carboxylic acids is 1. The third-order valence-electron chi connectivity index (χ3n) is 0.606. The first-order valence-corrected chi connectivity index (χ1v) is 2.71. The van der Waals surface area contributed by atoms with Crippen LogP contribution in [0.4, 0.5) is 4.79 Å². The Morgan fingerprint density at radius 3 is 2.67 bits per heavy atom. The number of rotatable bonds is 3. The van der Waals surface area contributed by atoms with Crippen LogP contribution in [0.15, 0.2) is 0 Å². The van der Waals surface area contributed by atoms with Gasteiger partial charge in [-0.2, -0.15) is 0 Å². The Labute approximate surface area is 53.4 Å². The van der Waals surface area contributed by atoms with Crippen LogP contribution < -0.4 is 0 Å². The molecule has 54 valence electrons. The smallest absolute Gasteiger partial charge is 0.434 e. The maximum Gasteiger partial charge on any atom is 0.510 e. The van der Waals surface area contributed by atoms with Crippen LogP contribution in [-0.2, 0) is 9.47 Å². The molecule has 0 heterocycles. The van der Waals surface area contributed by atoms with Gasteiger partial charge >= 0.3 is 6.16 Å². The van der Waals surface area contributed by atoms with Crippen molar-refractivity contribution in [1.82, 2.24) is 0 Å². The molecule has 0 unspecified atom stereocenters. The summed E-state index contributed by atoms with van der Waals surface area (Å²) in [6.45, 7) is 1.58. The summed E-state index contributed by atoms with van der Waals surface area (Å²) >= 11 is 0. The van der Waals surface area contributed by atoms with Gasteiger partial charge in [0.15, 0.2) is 6.79 Å². The van der Waals surface area contributed by atoms with Crippen LogP contribution in [0, 0.1) is 0 Å². The highest BCUT2D eigenvalue weighted by molar-refractivity contribution is 5.59. The molecular formula is C5H10O4. The Bertz CT molecular complexity index is 81.0. The summed E-state index contributed by atoms with van der Waals surface area (Å²) in [7, 11) is 0. The minimum Gasteiger partial charge on any atom is -0.434 e. The predicted octanol–water partition coefficient (Wildman–Crippen LogP) is 0.499. The van der Waals surface area contributed by atoms with E-state index in [1.54, 1.807) is 0 Å². The Morgan fingerprint density at radius 1 is 1.56 bits per heavy atom. The molecule has 0 atom stereocenters. The highest BCUT2D eigenvalue weighted by Gasteiger charge is 1.98. The van der Waals surface area contributed by atoms with E-state index in [4.69, 9.17) is 5.11 Å². The van der Waals surface area contributed by atoms with Crippen LogP contribution in [0.3, 0.4) is 0 Å². The fourth-order valence-corrected chi connectivity index (χ4v) is 0.280. The van der Waals surface area contributed by atoms with Crippen molar-refractivity contribution in [3.05, 3.63) is 0 Å². The minimum atomic E-state index is -0.820. The van der Waals surface area contributed by atoms with Gasteiger partial charge in [-0.3, -0.25) is 0 Å². The van der Waals surface area contributed by atoms with Gasteiger partial charge in [0.1, 0.15) is 0 Å². The van der Waals surface area contributed by atoms with Gasteiger partial charge < -0.3 is 14.6 Å². The second-order valence-electron chi connectivity index (χ2n) is 1.37. The van der Waals surface area contributed by atoms with E-state index < -0.39 is 12.9 Å². The lowest BCUT2D eigenvalue weighted by Gasteiger charge is -1.99. The van der Waals surface area contributed by atoms with Gasteiger partial charge in [-0.25, -0.2) is 4.79 Å². The molecule has 9 heavy (non-hydrogen) atoms. The number of hydrogen-bond acceptors (Lipinski definition) is 4. The molecule has 4 nitrogen and oxygen atoms in total. The average molecular weight is 134 g/mol. The molecule has 0 fully saturated rings. The molecule has 0 aliphatic carbocycles. The van der Waals surface area contributed by atoms with Crippen molar-refractivity contribution in [2.75, 3.05) is 13.4 Å². The maximum atomic E-state index is 10.2. The fourth-order valence-electron chi connectivity index (χ4n) is 0.280. The second-order valence-corrected chi connectivity index (χ2v) is 1.37. The highest BCUT2D eigenvalue weighted by Crippen LogP contribution is 1.85. The van der Waals surface area contributed by atoms with Gasteiger partial charge in [-0.1, -0.05) is 6.92 Å². The molecule has 0 aromatic carbocycles. The van der Waals surface area contributed by atoms with Crippen molar-refractivity contribution < 1.29 is 19.4 Å². The third-order valence-corrected chi connectivity index (χ3v) is 0.606. The lowest BCUT2D eigenvalue weighted by atomic mass is 10.5. The van der Waals surface area contributed by atoms with Crippen molar-refractivity contribution in [2.45, 2.75) is 13.3 Å². The van der Waals surface area contributed by atoms with Crippen LogP contribution in [0.5, 0.6) is 0 Å². The van der Waals surface area contributed by atoms with E-state index in [0.29, 0.717) is 6.61 Å². The predicted molar refractivity (Wildman–Crippen MR) is 29.8 cm³/mol. The van der Waals surface area contributed by atoms with Gasteiger partial charge in [-0.05, 0) is 6.42 Å². The van der Waals surface area contributed by atoms with E-state index in [-0.39, 0.29) is 0 Å². The largest absolute Gasteiger partial charge is 0.510 e. The van der Waals surface area contributed by atoms with Crippen molar-refractivity contribution in [2.24, 2.45) is 0 Å². The summed E-state index contributed by atoms with van der Waals surface area (Å²) in [4.78, 5) is 10.2. The Hall–Kier alpha value is -0.770. The zero-order chi connectivity index (χ0) is 7.11. The molecule has 0 saturated heterocycles. The number of hydrogen-bond donors (Lipinski definition) is 1. The van der Waals surface area contributed by atoms with Crippen LogP contribution >= 0.6 is 0 Å². The van der Waals surface area contributed by atoms with Gasteiger partial charge in [0.2, 0.25) is 0 Å². The second kappa shape index (κ2) is 5.37. The molecule has 0 aromatic heterocycles. The van der Waals surface area contributed by atoms with E-state index >= 15 is 0 Å². The van der Waals surface area contributed by atoms with Gasteiger partial charge in [0, 0.05) is 0 Å². The molecule has 1 N–H and O–H groups in total. The molecule has 0 amide bonds. The lowest BCUT2D eigenvalue weighted by molar-refractivity contribution is -0.00549. The van der Waals surface area contributed by atoms with Crippen LogP contribution in [0.25, 0.3) is 0 Å². The molecule has 0 spiro atoms. The van der Waals surface area contributed by atoms with Crippen molar-refractivity contribution in [3.63, 3.8) is 0 Å². The van der Waals surface area contributed by atoms with Gasteiger partial charge in [0.25, 0.3) is 0 Å². The monoisotopic (exact) mass is 134 g/mol. The fraction of sp³-hybridized carbons (Fsp3) is 0.800. The first-order valence-electron chi connectivity index (χ1n) is 2.71. The van der Waals surface area contributed by atoms with E-state index in [2.05, 4.69) is 9.47 Å². The molecule has 0 radical (unpaired) electrons. The summed E-state index contributed by atoms with van der Waals surface area (Å²) in [6, 6.07) is 0. The summed E-state index contributed by atoms with van der Waals surface area (Å²) in [6.07, 6.45) is -0.0695. The zero-order valence-corrected chi connectivity index (χ0v) is 5.29. The van der Waals surface area contributed by atoms with E-state index in [1.807, 2.05) is 6.92 Å². The summed E-state index contributed by atoms with van der Waals surface area (Å²) in [5.74, 6) is 0. The zero-order valence-electron chi connectivity index (χ0n) is 5.29. The molecule has 0 aromatic rings. The van der Waals surface area contributed by atoms with E-state index in [1.165, 1.54) is 0 Å². The van der Waals surface area contributed by atoms with Crippen LogP contribution in [0.1, 0.15) is 13.3 Å². The molecule has 0 aliphatic heterocycles. The Kier molecular flexibility index (Phi) is 4.91. The van der Waals surface area contributed by atoms with Crippen molar-refractivity contribution >= 4 is 6.16 Å². The average Bonchev–Trinajstić information content (AvgIpc) is 1.85. The Morgan fingerprint density at radius 2 is 2.22 bits per heavy atom. The minimum absolute atomic E-state index is 0.332. The normalized spacial score (nSPS) is 8.67. The lowest BCUT2D eigenvalue weighted by Crippen LogP contribution is -2.08. The number of ether oxygens (including phenoxy) is 2. The summed E-state index contributed by atoms with van der Waals surface area (Å²) < 4.78 is 8.45. The summed E-state index contributed by atoms with van der Waals surface area (Å²) in [5.41, 5.74) is 0. The van der Waals surface area contributed by atoms with Gasteiger partial charge in [-0.15, -0.1) is 0 Å². The van der Waals surface area contributed by atoms with Crippen molar-refractivity contribution in [1.29, 1.82) is 0 Å². The maximum absolute atomic E-state index is 10.2. The van der Waals surface area contributed by atoms with E-state index in [9.17, 15) is 4.79 Å².